The van der Waals surface area contributed by atoms with Crippen LogP contribution in [0.1, 0.15) is 29.0 Å². The fraction of sp³-hybridized carbons (Fsp3) is 0.500. The van der Waals surface area contributed by atoms with E-state index in [-0.39, 0.29) is 17.1 Å². The van der Waals surface area contributed by atoms with E-state index < -0.39 is 5.97 Å². The molecule has 1 spiro atoms. The number of carbonyl (C=O) groups excluding carboxylic acids is 2. The van der Waals surface area contributed by atoms with Gasteiger partial charge in [0, 0.05) is 33.2 Å². The Morgan fingerprint density at radius 1 is 1.21 bits per heavy atom. The van der Waals surface area contributed by atoms with Crippen molar-refractivity contribution in [3.8, 4) is 0 Å². The molecule has 148 valence electrons. The van der Waals surface area contributed by atoms with Crippen molar-refractivity contribution >= 4 is 17.8 Å². The van der Waals surface area contributed by atoms with Crippen LogP contribution in [0.25, 0.3) is 0 Å². The second-order valence-electron chi connectivity index (χ2n) is 7.58. The quantitative estimate of drug-likeness (QED) is 0.724. The van der Waals surface area contributed by atoms with Crippen LogP contribution in [0, 0.1) is 5.41 Å². The molecule has 1 unspecified atom stereocenters. The molecule has 2 aromatic rings. The molecule has 0 N–H and O–H groups in total. The number of amides is 1. The van der Waals surface area contributed by atoms with Gasteiger partial charge in [0.15, 0.2) is 0 Å². The van der Waals surface area contributed by atoms with Crippen molar-refractivity contribution in [3.63, 3.8) is 0 Å². The van der Waals surface area contributed by atoms with Crippen molar-refractivity contribution in [1.29, 1.82) is 0 Å². The van der Waals surface area contributed by atoms with Gasteiger partial charge in [-0.3, -0.25) is 4.79 Å². The molecule has 0 bridgehead atoms. The van der Waals surface area contributed by atoms with Crippen molar-refractivity contribution < 1.29 is 14.3 Å². The number of methoxy groups -OCH3 is 1. The van der Waals surface area contributed by atoms with Crippen LogP contribution < -0.4 is 4.90 Å². The van der Waals surface area contributed by atoms with Crippen molar-refractivity contribution in [1.82, 2.24) is 19.7 Å². The van der Waals surface area contributed by atoms with Crippen LogP contribution in [0.2, 0.25) is 0 Å². The molecule has 8 nitrogen and oxygen atoms in total. The molecular weight excluding hydrogens is 358 g/mol. The van der Waals surface area contributed by atoms with Crippen molar-refractivity contribution in [2.45, 2.75) is 19.3 Å². The van der Waals surface area contributed by atoms with E-state index in [9.17, 15) is 9.59 Å². The highest BCUT2D eigenvalue weighted by molar-refractivity contribution is 5.87. The van der Waals surface area contributed by atoms with Crippen molar-refractivity contribution in [2.75, 3.05) is 38.2 Å². The van der Waals surface area contributed by atoms with Gasteiger partial charge in [0.25, 0.3) is 5.82 Å². The zero-order chi connectivity index (χ0) is 19.7. The van der Waals surface area contributed by atoms with E-state index in [0.717, 1.165) is 38.9 Å². The molecule has 4 rings (SSSR count). The zero-order valence-electron chi connectivity index (χ0n) is 16.3. The topological polar surface area (TPSA) is 80.6 Å². The standard InChI is InChI=1S/C20H25N5O3/c1-23-19(21-16(22-23)17(26)28-2)25-13-10-20(14-25)9-12-24(18(20)27)11-8-15-6-4-3-5-7-15/h3-7H,8-14H2,1-2H3. The summed E-state index contributed by atoms with van der Waals surface area (Å²) in [5.74, 6) is 0.331. The lowest BCUT2D eigenvalue weighted by Crippen LogP contribution is -2.38. The van der Waals surface area contributed by atoms with Crippen LogP contribution in [0.3, 0.4) is 0 Å². The van der Waals surface area contributed by atoms with Gasteiger partial charge in [0.05, 0.1) is 12.5 Å². The summed E-state index contributed by atoms with van der Waals surface area (Å²) in [7, 11) is 3.06. The summed E-state index contributed by atoms with van der Waals surface area (Å²) < 4.78 is 6.28. The molecular formula is C20H25N5O3. The van der Waals surface area contributed by atoms with Gasteiger partial charge in [-0.2, -0.15) is 4.98 Å². The molecule has 1 aromatic carbocycles. The molecule has 1 atom stereocenters. The minimum atomic E-state index is -0.556. The second kappa shape index (κ2) is 7.26. The van der Waals surface area contributed by atoms with E-state index in [1.807, 2.05) is 23.1 Å². The smallest absolute Gasteiger partial charge is 0.378 e. The van der Waals surface area contributed by atoms with E-state index in [2.05, 4.69) is 27.1 Å². The van der Waals surface area contributed by atoms with Gasteiger partial charge in [-0.15, -0.1) is 5.10 Å². The SMILES string of the molecule is COC(=O)c1nc(N2CCC3(CCN(CCc4ccccc4)C3=O)C2)n(C)n1. The molecule has 0 radical (unpaired) electrons. The molecule has 2 saturated heterocycles. The predicted molar refractivity (Wildman–Crippen MR) is 103 cm³/mol. The summed E-state index contributed by atoms with van der Waals surface area (Å²) in [6, 6.07) is 10.3. The third kappa shape index (κ3) is 3.23. The Kier molecular flexibility index (Phi) is 4.78. The number of rotatable bonds is 5. The highest BCUT2D eigenvalue weighted by Crippen LogP contribution is 2.41. The molecule has 2 fully saturated rings. The predicted octanol–water partition coefficient (Wildman–Crippen LogP) is 1.27. The first kappa shape index (κ1) is 18.5. The van der Waals surface area contributed by atoms with Crippen LogP contribution in [0.15, 0.2) is 30.3 Å². The summed E-state index contributed by atoms with van der Waals surface area (Å²) in [5, 5.41) is 4.13. The Balaban J connectivity index is 1.42. The van der Waals surface area contributed by atoms with Gasteiger partial charge >= 0.3 is 5.97 Å². The molecule has 2 aliphatic rings. The fourth-order valence-electron chi connectivity index (χ4n) is 4.27. The van der Waals surface area contributed by atoms with E-state index in [1.54, 1.807) is 11.7 Å². The number of carbonyl (C=O) groups is 2. The summed E-state index contributed by atoms with van der Waals surface area (Å²) in [4.78, 5) is 33.2. The molecule has 3 heterocycles. The maximum absolute atomic E-state index is 13.2. The third-order valence-corrected chi connectivity index (χ3v) is 5.86. The lowest BCUT2D eigenvalue weighted by Gasteiger charge is -2.24. The third-order valence-electron chi connectivity index (χ3n) is 5.86. The number of nitrogens with zero attached hydrogens (tertiary/aromatic N) is 5. The maximum Gasteiger partial charge on any atom is 0.378 e. The zero-order valence-corrected chi connectivity index (χ0v) is 16.3. The monoisotopic (exact) mass is 383 g/mol. The molecule has 0 saturated carbocycles. The van der Waals surface area contributed by atoms with Crippen LogP contribution >= 0.6 is 0 Å². The first-order chi connectivity index (χ1) is 13.5. The van der Waals surface area contributed by atoms with Gasteiger partial charge in [-0.1, -0.05) is 30.3 Å². The highest BCUT2D eigenvalue weighted by atomic mass is 16.5. The van der Waals surface area contributed by atoms with Crippen molar-refractivity contribution in [3.05, 3.63) is 41.7 Å². The van der Waals surface area contributed by atoms with Crippen LogP contribution in [-0.4, -0.2) is 64.8 Å². The van der Waals surface area contributed by atoms with Gasteiger partial charge in [-0.25, -0.2) is 9.48 Å². The average molecular weight is 383 g/mol. The molecule has 8 heteroatoms. The molecule has 2 aliphatic heterocycles. The number of aromatic nitrogens is 3. The fourth-order valence-corrected chi connectivity index (χ4v) is 4.27. The Bertz CT molecular complexity index is 881. The first-order valence-corrected chi connectivity index (χ1v) is 9.60. The lowest BCUT2D eigenvalue weighted by atomic mass is 9.85. The minimum absolute atomic E-state index is 0.0446. The number of benzene rings is 1. The largest absolute Gasteiger partial charge is 0.463 e. The number of hydrogen-bond acceptors (Lipinski definition) is 6. The summed E-state index contributed by atoms with van der Waals surface area (Å²) >= 11 is 0. The minimum Gasteiger partial charge on any atom is -0.463 e. The van der Waals surface area contributed by atoms with E-state index in [1.165, 1.54) is 12.7 Å². The van der Waals surface area contributed by atoms with Gasteiger partial charge < -0.3 is 14.5 Å². The number of aryl methyl sites for hydroxylation is 1. The summed E-state index contributed by atoms with van der Waals surface area (Å²) in [5.41, 5.74) is 0.896. The van der Waals surface area contributed by atoms with Gasteiger partial charge in [0.2, 0.25) is 11.9 Å². The van der Waals surface area contributed by atoms with Crippen molar-refractivity contribution in [2.24, 2.45) is 12.5 Å². The maximum atomic E-state index is 13.2. The molecule has 28 heavy (non-hydrogen) atoms. The van der Waals surface area contributed by atoms with E-state index >= 15 is 0 Å². The second-order valence-corrected chi connectivity index (χ2v) is 7.58. The lowest BCUT2D eigenvalue weighted by molar-refractivity contribution is -0.135. The number of likely N-dealkylation sites (tertiary alicyclic amines) is 1. The summed E-state index contributed by atoms with van der Waals surface area (Å²) in [6.45, 7) is 2.89. The average Bonchev–Trinajstić information content (AvgIpc) is 3.40. The van der Waals surface area contributed by atoms with Gasteiger partial charge in [0.1, 0.15) is 0 Å². The molecule has 1 aromatic heterocycles. The molecule has 1 amide bonds. The normalized spacial score (nSPS) is 21.7. The number of hydrogen-bond donors (Lipinski definition) is 0. The Labute approximate surface area is 164 Å². The number of ether oxygens (including phenoxy) is 1. The van der Waals surface area contributed by atoms with Gasteiger partial charge in [-0.05, 0) is 24.8 Å². The van der Waals surface area contributed by atoms with Crippen LogP contribution in [-0.2, 0) is 23.0 Å². The van der Waals surface area contributed by atoms with Crippen LogP contribution in [0.5, 0.6) is 0 Å². The Morgan fingerprint density at radius 3 is 2.71 bits per heavy atom. The summed E-state index contributed by atoms with van der Waals surface area (Å²) in [6.07, 6.45) is 2.53. The Morgan fingerprint density at radius 2 is 1.96 bits per heavy atom. The van der Waals surface area contributed by atoms with E-state index in [4.69, 9.17) is 4.74 Å². The Hall–Kier alpha value is -2.90. The van der Waals surface area contributed by atoms with E-state index in [0.29, 0.717) is 12.5 Å². The number of esters is 1. The first-order valence-electron chi connectivity index (χ1n) is 9.60. The highest BCUT2D eigenvalue weighted by Gasteiger charge is 2.51. The number of anilines is 1. The molecule has 0 aliphatic carbocycles. The van der Waals surface area contributed by atoms with Crippen LogP contribution in [0.4, 0.5) is 5.95 Å².